The molecule has 0 saturated heterocycles. The number of hydrogen-bond acceptors (Lipinski definition) is 4. The molecule has 4 rings (SSSR count). The molecule has 0 fully saturated rings. The first-order valence-electron chi connectivity index (χ1n) is 8.13. The van der Waals surface area contributed by atoms with E-state index in [0.29, 0.717) is 5.75 Å². The van der Waals surface area contributed by atoms with E-state index in [1.807, 2.05) is 6.07 Å². The molecule has 0 unspecified atom stereocenters. The summed E-state index contributed by atoms with van der Waals surface area (Å²) in [5.74, 6) is 0.381. The number of rotatable bonds is 3. The highest BCUT2D eigenvalue weighted by atomic mass is 19.1. The number of benzene rings is 2. The number of methoxy groups -OCH3 is 1. The van der Waals surface area contributed by atoms with Gasteiger partial charge in [-0.05, 0) is 35.6 Å². The van der Waals surface area contributed by atoms with Gasteiger partial charge >= 0.3 is 0 Å². The molecule has 1 aliphatic heterocycles. The van der Waals surface area contributed by atoms with E-state index in [2.05, 4.69) is 17.5 Å². The minimum absolute atomic E-state index is 0.0145. The first-order chi connectivity index (χ1) is 12.1. The average Bonchev–Trinajstić information content (AvgIpc) is 3.10. The van der Waals surface area contributed by atoms with Crippen molar-refractivity contribution in [3.8, 4) is 5.75 Å². The van der Waals surface area contributed by atoms with Gasteiger partial charge in [-0.25, -0.2) is 4.39 Å². The van der Waals surface area contributed by atoms with Gasteiger partial charge in [0.25, 0.3) is 5.69 Å². The van der Waals surface area contributed by atoms with Crippen LogP contribution in [0.25, 0.3) is 0 Å². The van der Waals surface area contributed by atoms with Crippen molar-refractivity contribution in [2.24, 2.45) is 5.92 Å². The topological polar surface area (TPSA) is 64.4 Å². The maximum Gasteiger partial charge on any atom is 0.273 e. The maximum absolute atomic E-state index is 13.7. The lowest BCUT2D eigenvalue weighted by molar-refractivity contribution is -0.385. The Hall–Kier alpha value is -2.89. The number of fused-ring (bicyclic) bond motifs is 3. The van der Waals surface area contributed by atoms with E-state index in [-0.39, 0.29) is 29.4 Å². The second-order valence-electron chi connectivity index (χ2n) is 6.40. The lowest BCUT2D eigenvalue weighted by Gasteiger charge is -2.38. The zero-order valence-corrected chi connectivity index (χ0v) is 13.6. The molecule has 6 heteroatoms. The van der Waals surface area contributed by atoms with Gasteiger partial charge in [0, 0.05) is 12.0 Å². The van der Waals surface area contributed by atoms with Gasteiger partial charge in [0.15, 0.2) is 0 Å². The lowest BCUT2D eigenvalue weighted by Crippen LogP contribution is -2.29. The van der Waals surface area contributed by atoms with Crippen LogP contribution in [-0.2, 0) is 0 Å². The number of nitrogens with one attached hydrogen (secondary N) is 1. The number of nitro groups is 1. The molecule has 0 saturated carbocycles. The summed E-state index contributed by atoms with van der Waals surface area (Å²) in [5, 5.41) is 14.7. The van der Waals surface area contributed by atoms with Crippen molar-refractivity contribution in [2.45, 2.75) is 18.4 Å². The molecule has 2 aliphatic rings. The molecule has 2 aromatic carbocycles. The minimum atomic E-state index is -0.408. The van der Waals surface area contributed by atoms with Crippen molar-refractivity contribution < 1.29 is 14.1 Å². The Balaban J connectivity index is 1.85. The molecule has 1 N–H and O–H groups in total. The monoisotopic (exact) mass is 340 g/mol. The van der Waals surface area contributed by atoms with Gasteiger partial charge in [-0.1, -0.05) is 24.3 Å². The fourth-order valence-corrected chi connectivity index (χ4v) is 3.95. The molecule has 0 amide bonds. The predicted octanol–water partition coefficient (Wildman–Crippen LogP) is 4.57. The van der Waals surface area contributed by atoms with Crippen molar-refractivity contribution in [1.29, 1.82) is 0 Å². The number of ether oxygens (including phenoxy) is 1. The highest BCUT2D eigenvalue weighted by Crippen LogP contribution is 2.53. The van der Waals surface area contributed by atoms with E-state index < -0.39 is 4.92 Å². The molecular weight excluding hydrogens is 323 g/mol. The Morgan fingerprint density at radius 2 is 2.16 bits per heavy atom. The standard InChI is InChI=1S/C19H17FN2O3/c1-25-17-10-13(22(23)24)9-16-14-6-3-7-15(14)18(21-19(16)17)11-4-2-5-12(20)8-11/h2-6,8-10,14-15,18,21H,7H2,1H3/t14-,15+,18-/m1/s1. The predicted molar refractivity (Wildman–Crippen MR) is 92.4 cm³/mol. The van der Waals surface area contributed by atoms with Crippen LogP contribution < -0.4 is 10.1 Å². The van der Waals surface area contributed by atoms with Crippen molar-refractivity contribution in [3.05, 3.63) is 75.6 Å². The third-order valence-electron chi connectivity index (χ3n) is 5.06. The summed E-state index contributed by atoms with van der Waals surface area (Å²) in [6.45, 7) is 0. The Morgan fingerprint density at radius 1 is 1.32 bits per heavy atom. The summed E-state index contributed by atoms with van der Waals surface area (Å²) in [7, 11) is 1.49. The molecule has 0 spiro atoms. The maximum atomic E-state index is 13.7. The second kappa shape index (κ2) is 5.88. The number of anilines is 1. The number of non-ortho nitro benzene ring substituents is 1. The number of nitrogens with zero attached hydrogens (tertiary/aromatic N) is 1. The van der Waals surface area contributed by atoms with Crippen LogP contribution in [0.15, 0.2) is 48.6 Å². The van der Waals surface area contributed by atoms with E-state index in [4.69, 9.17) is 4.74 Å². The van der Waals surface area contributed by atoms with Gasteiger partial charge in [0.2, 0.25) is 0 Å². The van der Waals surface area contributed by atoms with Gasteiger partial charge in [-0.15, -0.1) is 0 Å². The van der Waals surface area contributed by atoms with Gasteiger partial charge in [-0.2, -0.15) is 0 Å². The van der Waals surface area contributed by atoms with Crippen molar-refractivity contribution in [3.63, 3.8) is 0 Å². The van der Waals surface area contributed by atoms with Gasteiger partial charge in [0.1, 0.15) is 11.6 Å². The van der Waals surface area contributed by atoms with Crippen molar-refractivity contribution in [1.82, 2.24) is 0 Å². The van der Waals surface area contributed by atoms with Gasteiger partial charge in [-0.3, -0.25) is 10.1 Å². The average molecular weight is 340 g/mol. The molecule has 1 aliphatic carbocycles. The molecule has 5 nitrogen and oxygen atoms in total. The summed E-state index contributed by atoms with van der Waals surface area (Å²) in [5.41, 5.74) is 2.48. The summed E-state index contributed by atoms with van der Waals surface area (Å²) in [6.07, 6.45) is 5.01. The molecule has 0 aromatic heterocycles. The molecule has 0 radical (unpaired) electrons. The van der Waals surface area contributed by atoms with E-state index in [1.165, 1.54) is 25.3 Å². The summed E-state index contributed by atoms with van der Waals surface area (Å²) in [4.78, 5) is 10.8. The van der Waals surface area contributed by atoms with Crippen LogP contribution in [0.2, 0.25) is 0 Å². The number of hydrogen-bond donors (Lipinski definition) is 1. The normalized spacial score (nSPS) is 23.5. The zero-order chi connectivity index (χ0) is 17.6. The molecule has 25 heavy (non-hydrogen) atoms. The summed E-state index contributed by atoms with van der Waals surface area (Å²) >= 11 is 0. The Morgan fingerprint density at radius 3 is 2.88 bits per heavy atom. The third-order valence-corrected chi connectivity index (χ3v) is 5.06. The summed E-state index contributed by atoms with van der Waals surface area (Å²) in [6, 6.07) is 9.52. The highest BCUT2D eigenvalue weighted by Gasteiger charge is 2.40. The molecule has 3 atom stereocenters. The Kier molecular flexibility index (Phi) is 3.67. The smallest absolute Gasteiger partial charge is 0.273 e. The number of halogens is 1. The molecule has 1 heterocycles. The molecular formula is C19H17FN2O3. The molecule has 128 valence electrons. The van der Waals surface area contributed by atoms with E-state index in [9.17, 15) is 14.5 Å². The molecule has 0 bridgehead atoms. The van der Waals surface area contributed by atoms with Crippen LogP contribution in [-0.4, -0.2) is 12.0 Å². The minimum Gasteiger partial charge on any atom is -0.494 e. The van der Waals surface area contributed by atoms with Gasteiger partial charge < -0.3 is 10.1 Å². The highest BCUT2D eigenvalue weighted by molar-refractivity contribution is 5.71. The second-order valence-corrected chi connectivity index (χ2v) is 6.40. The van der Waals surface area contributed by atoms with Gasteiger partial charge in [0.05, 0.1) is 29.8 Å². The Bertz CT molecular complexity index is 881. The number of nitro benzene ring substituents is 1. The Labute approximate surface area is 144 Å². The van der Waals surface area contributed by atoms with Crippen LogP contribution in [0.1, 0.15) is 29.5 Å². The first kappa shape index (κ1) is 15.6. The van der Waals surface area contributed by atoms with Crippen LogP contribution in [0.5, 0.6) is 5.75 Å². The SMILES string of the molecule is COc1cc([N+](=O)[O-])cc2c1N[C@H](c1cccc(F)c1)[C@H]1CC=C[C@@H]21. The van der Waals surface area contributed by atoms with E-state index in [1.54, 1.807) is 12.1 Å². The largest absolute Gasteiger partial charge is 0.494 e. The number of allylic oxidation sites excluding steroid dienone is 2. The van der Waals surface area contributed by atoms with Crippen LogP contribution in [0.4, 0.5) is 15.8 Å². The van der Waals surface area contributed by atoms with Crippen LogP contribution in [0.3, 0.4) is 0 Å². The lowest BCUT2D eigenvalue weighted by atomic mass is 9.76. The van der Waals surface area contributed by atoms with E-state index in [0.717, 1.165) is 23.2 Å². The van der Waals surface area contributed by atoms with E-state index >= 15 is 0 Å². The first-order valence-corrected chi connectivity index (χ1v) is 8.13. The summed E-state index contributed by atoms with van der Waals surface area (Å²) < 4.78 is 19.1. The van der Waals surface area contributed by atoms with Crippen LogP contribution >= 0.6 is 0 Å². The third kappa shape index (κ3) is 2.54. The van der Waals surface area contributed by atoms with Crippen molar-refractivity contribution >= 4 is 11.4 Å². The quantitative estimate of drug-likeness (QED) is 0.505. The van der Waals surface area contributed by atoms with Crippen molar-refractivity contribution in [2.75, 3.05) is 12.4 Å². The van der Waals surface area contributed by atoms with Crippen LogP contribution in [0, 0.1) is 21.8 Å². The fourth-order valence-electron chi connectivity index (χ4n) is 3.95. The fraction of sp³-hybridized carbons (Fsp3) is 0.263. The molecule has 2 aromatic rings. The zero-order valence-electron chi connectivity index (χ0n) is 13.6.